The van der Waals surface area contributed by atoms with E-state index < -0.39 is 4.92 Å². The lowest BCUT2D eigenvalue weighted by Crippen LogP contribution is -2.19. The number of nitro groups is 1. The summed E-state index contributed by atoms with van der Waals surface area (Å²) in [6, 6.07) is 11.3. The normalized spacial score (nSPS) is 10.7. The predicted molar refractivity (Wildman–Crippen MR) is 99.0 cm³/mol. The Bertz CT molecular complexity index is 1040. The first-order valence-corrected chi connectivity index (χ1v) is 8.52. The molecule has 0 fully saturated rings. The lowest BCUT2D eigenvalue weighted by molar-refractivity contribution is -0.384. The molecule has 0 saturated heterocycles. The van der Waals surface area contributed by atoms with E-state index in [9.17, 15) is 19.7 Å². The van der Waals surface area contributed by atoms with Gasteiger partial charge in [-0.2, -0.15) is 0 Å². The van der Waals surface area contributed by atoms with Crippen molar-refractivity contribution in [3.63, 3.8) is 0 Å². The first kappa shape index (κ1) is 17.6. The number of nitrogens with zero attached hydrogens (tertiary/aromatic N) is 2. The zero-order valence-electron chi connectivity index (χ0n) is 13.8. The number of hydrogen-bond donors (Lipinski definition) is 1. The van der Waals surface area contributed by atoms with E-state index in [0.717, 1.165) is 21.6 Å². The SMILES string of the molecule is COc1cc([N+](=O)[O-])ccc1NC(=O)CCn1c(=O)sc2ccccc21. The zero-order chi connectivity index (χ0) is 18.7. The smallest absolute Gasteiger partial charge is 0.308 e. The standard InChI is InChI=1S/C17H15N3O5S/c1-25-14-10-11(20(23)24)6-7-12(14)18-16(21)8-9-19-13-4-2-3-5-15(13)26-17(19)22/h2-7,10H,8-9H2,1H3,(H,18,21). The number of thiazole rings is 1. The van der Waals surface area contributed by atoms with Crippen LogP contribution in [-0.4, -0.2) is 22.5 Å². The highest BCUT2D eigenvalue weighted by Gasteiger charge is 2.14. The number of amides is 1. The number of ether oxygens (including phenoxy) is 1. The van der Waals surface area contributed by atoms with Crippen LogP contribution in [0.1, 0.15) is 6.42 Å². The average Bonchev–Trinajstić information content (AvgIpc) is 2.95. The van der Waals surface area contributed by atoms with Gasteiger partial charge in [0.1, 0.15) is 5.75 Å². The minimum atomic E-state index is -0.539. The van der Waals surface area contributed by atoms with Crippen molar-refractivity contribution in [2.75, 3.05) is 12.4 Å². The molecule has 0 bridgehead atoms. The summed E-state index contributed by atoms with van der Waals surface area (Å²) < 4.78 is 7.52. The summed E-state index contributed by atoms with van der Waals surface area (Å²) >= 11 is 1.14. The number of benzene rings is 2. The Kier molecular flexibility index (Phi) is 4.99. The molecule has 1 amide bonds. The van der Waals surface area contributed by atoms with Crippen LogP contribution in [0.25, 0.3) is 10.2 Å². The molecule has 3 rings (SSSR count). The number of non-ortho nitro benzene ring substituents is 1. The Balaban J connectivity index is 1.72. The number of para-hydroxylation sites is 1. The van der Waals surface area contributed by atoms with Crippen molar-refractivity contribution in [1.82, 2.24) is 4.57 Å². The Morgan fingerprint density at radius 1 is 1.31 bits per heavy atom. The topological polar surface area (TPSA) is 103 Å². The van der Waals surface area contributed by atoms with E-state index in [0.29, 0.717) is 5.69 Å². The van der Waals surface area contributed by atoms with Gasteiger partial charge in [0, 0.05) is 19.0 Å². The Hall–Kier alpha value is -3.20. The second kappa shape index (κ2) is 7.36. The molecule has 0 spiro atoms. The third kappa shape index (κ3) is 3.57. The Morgan fingerprint density at radius 2 is 2.08 bits per heavy atom. The van der Waals surface area contributed by atoms with Crippen LogP contribution in [0.3, 0.4) is 0 Å². The van der Waals surface area contributed by atoms with Crippen molar-refractivity contribution < 1.29 is 14.5 Å². The number of hydrogen-bond acceptors (Lipinski definition) is 6. The summed E-state index contributed by atoms with van der Waals surface area (Å²) in [5, 5.41) is 13.5. The lowest BCUT2D eigenvalue weighted by atomic mass is 10.2. The van der Waals surface area contributed by atoms with Crippen molar-refractivity contribution >= 4 is 38.8 Å². The third-order valence-corrected chi connectivity index (χ3v) is 4.77. The van der Waals surface area contributed by atoms with Gasteiger partial charge in [-0.25, -0.2) is 0 Å². The van der Waals surface area contributed by atoms with Crippen LogP contribution in [0, 0.1) is 10.1 Å². The van der Waals surface area contributed by atoms with Gasteiger partial charge < -0.3 is 10.1 Å². The molecule has 0 saturated carbocycles. The lowest BCUT2D eigenvalue weighted by Gasteiger charge is -2.10. The molecule has 0 radical (unpaired) electrons. The quantitative estimate of drug-likeness (QED) is 0.528. The van der Waals surface area contributed by atoms with Gasteiger partial charge in [0.2, 0.25) is 5.91 Å². The molecule has 0 atom stereocenters. The maximum Gasteiger partial charge on any atom is 0.308 e. The van der Waals surface area contributed by atoms with Gasteiger partial charge in [-0.15, -0.1) is 0 Å². The van der Waals surface area contributed by atoms with Gasteiger partial charge in [0.15, 0.2) is 0 Å². The number of aryl methyl sites for hydroxylation is 1. The van der Waals surface area contributed by atoms with Crippen molar-refractivity contribution in [3.8, 4) is 5.75 Å². The summed E-state index contributed by atoms with van der Waals surface area (Å²) in [4.78, 5) is 34.5. The first-order chi connectivity index (χ1) is 12.5. The highest BCUT2D eigenvalue weighted by atomic mass is 32.1. The summed E-state index contributed by atoms with van der Waals surface area (Å²) in [6.07, 6.45) is 0.0841. The molecular weight excluding hydrogens is 358 g/mol. The van der Waals surface area contributed by atoms with Crippen LogP contribution in [0.2, 0.25) is 0 Å². The molecule has 3 aromatic rings. The summed E-state index contributed by atoms with van der Waals surface area (Å²) in [5.74, 6) is -0.120. The van der Waals surface area contributed by atoms with Crippen LogP contribution in [0.4, 0.5) is 11.4 Å². The van der Waals surface area contributed by atoms with E-state index >= 15 is 0 Å². The third-order valence-electron chi connectivity index (χ3n) is 3.81. The van der Waals surface area contributed by atoms with Gasteiger partial charge in [0.05, 0.1) is 34.0 Å². The van der Waals surface area contributed by atoms with Crippen LogP contribution < -0.4 is 14.9 Å². The first-order valence-electron chi connectivity index (χ1n) is 7.70. The minimum absolute atomic E-state index is 0.0841. The van der Waals surface area contributed by atoms with Crippen molar-refractivity contribution in [2.24, 2.45) is 0 Å². The molecule has 1 heterocycles. The molecule has 8 nitrogen and oxygen atoms in total. The number of aromatic nitrogens is 1. The number of nitro benzene ring substituents is 1. The molecule has 2 aromatic carbocycles. The van der Waals surface area contributed by atoms with Gasteiger partial charge in [-0.05, 0) is 18.2 Å². The van der Waals surface area contributed by atoms with Gasteiger partial charge >= 0.3 is 4.87 Å². The van der Waals surface area contributed by atoms with E-state index in [2.05, 4.69) is 5.32 Å². The van der Waals surface area contributed by atoms with E-state index in [4.69, 9.17) is 4.74 Å². The van der Waals surface area contributed by atoms with Crippen molar-refractivity contribution in [3.05, 3.63) is 62.2 Å². The van der Waals surface area contributed by atoms with E-state index in [-0.39, 0.29) is 35.2 Å². The molecule has 0 aliphatic carbocycles. The predicted octanol–water partition coefficient (Wildman–Crippen LogP) is 3.01. The average molecular weight is 373 g/mol. The monoisotopic (exact) mass is 373 g/mol. The fraction of sp³-hybridized carbons (Fsp3) is 0.176. The van der Waals surface area contributed by atoms with E-state index in [1.165, 1.54) is 25.3 Å². The Labute approximate surface area is 151 Å². The molecule has 0 aliphatic heterocycles. The second-order valence-corrected chi connectivity index (χ2v) is 6.42. The molecule has 134 valence electrons. The zero-order valence-corrected chi connectivity index (χ0v) is 14.6. The molecule has 9 heteroatoms. The number of rotatable bonds is 6. The van der Waals surface area contributed by atoms with E-state index in [1.807, 2.05) is 24.3 Å². The fourth-order valence-corrected chi connectivity index (χ4v) is 3.47. The summed E-state index contributed by atoms with van der Waals surface area (Å²) in [5.41, 5.74) is 1.00. The molecule has 1 aromatic heterocycles. The van der Waals surface area contributed by atoms with E-state index in [1.54, 1.807) is 4.57 Å². The number of nitrogens with one attached hydrogen (secondary N) is 1. The molecule has 1 N–H and O–H groups in total. The van der Waals surface area contributed by atoms with Crippen LogP contribution in [0.15, 0.2) is 47.3 Å². The number of carbonyl (C=O) groups excluding carboxylic acids is 1. The number of anilines is 1. The van der Waals surface area contributed by atoms with Gasteiger partial charge in [0.25, 0.3) is 5.69 Å². The van der Waals surface area contributed by atoms with Crippen molar-refractivity contribution in [2.45, 2.75) is 13.0 Å². The molecular formula is C17H15N3O5S. The van der Waals surface area contributed by atoms with Crippen LogP contribution in [0.5, 0.6) is 5.75 Å². The van der Waals surface area contributed by atoms with Crippen LogP contribution >= 0.6 is 11.3 Å². The maximum atomic E-state index is 12.2. The highest BCUT2D eigenvalue weighted by Crippen LogP contribution is 2.29. The van der Waals surface area contributed by atoms with Gasteiger partial charge in [-0.1, -0.05) is 23.5 Å². The molecule has 0 unspecified atom stereocenters. The summed E-state index contributed by atoms with van der Waals surface area (Å²) in [6.45, 7) is 0.240. The number of fused-ring (bicyclic) bond motifs is 1. The Morgan fingerprint density at radius 3 is 2.81 bits per heavy atom. The highest BCUT2D eigenvalue weighted by molar-refractivity contribution is 7.16. The number of methoxy groups -OCH3 is 1. The summed E-state index contributed by atoms with van der Waals surface area (Å²) in [7, 11) is 1.37. The molecule has 26 heavy (non-hydrogen) atoms. The largest absolute Gasteiger partial charge is 0.494 e. The van der Waals surface area contributed by atoms with Crippen LogP contribution in [-0.2, 0) is 11.3 Å². The maximum absolute atomic E-state index is 12.2. The number of carbonyl (C=O) groups is 1. The van der Waals surface area contributed by atoms with Crippen molar-refractivity contribution in [1.29, 1.82) is 0 Å². The second-order valence-electron chi connectivity index (χ2n) is 5.43. The van der Waals surface area contributed by atoms with Gasteiger partial charge in [-0.3, -0.25) is 24.3 Å². The minimum Gasteiger partial charge on any atom is -0.494 e. The fourth-order valence-electron chi connectivity index (χ4n) is 2.55. The molecule has 0 aliphatic rings.